The lowest BCUT2D eigenvalue weighted by Gasteiger charge is -2.27. The summed E-state index contributed by atoms with van der Waals surface area (Å²) in [6.07, 6.45) is 0.502. The van der Waals surface area contributed by atoms with E-state index in [0.29, 0.717) is 19.6 Å². The fourth-order valence-electron chi connectivity index (χ4n) is 3.07. The first-order chi connectivity index (χ1) is 12.2. The molecule has 2 heterocycles. The molecule has 6 heteroatoms. The molecule has 1 aromatic carbocycles. The topological polar surface area (TPSA) is 59.4 Å². The van der Waals surface area contributed by atoms with Crippen LogP contribution in [-0.4, -0.2) is 33.7 Å². The molecule has 2 aromatic rings. The lowest BCUT2D eigenvalue weighted by Crippen LogP contribution is -2.33. The zero-order valence-electron chi connectivity index (χ0n) is 15.0. The average molecular weight is 342 g/mol. The van der Waals surface area contributed by atoms with E-state index in [-0.39, 0.29) is 5.91 Å². The van der Waals surface area contributed by atoms with Crippen molar-refractivity contribution in [2.75, 3.05) is 13.2 Å². The Labute approximate surface area is 148 Å². The van der Waals surface area contributed by atoms with Crippen LogP contribution in [0.5, 0.6) is 5.75 Å². The standard InChI is InChI=1S/C19H26N4O2/c1-3-19(24)20-12-16-11-17-14-22(8-9-23(17)21-16)13-15-6-5-7-18(10-15)25-4-2/h5-7,10-11H,3-4,8-9,12-14H2,1-2H3,(H,20,24). The zero-order chi connectivity index (χ0) is 17.6. The van der Waals surface area contributed by atoms with Crippen molar-refractivity contribution in [3.05, 3.63) is 47.3 Å². The molecule has 134 valence electrons. The molecule has 1 amide bonds. The summed E-state index contributed by atoms with van der Waals surface area (Å²) in [6, 6.07) is 10.4. The summed E-state index contributed by atoms with van der Waals surface area (Å²) < 4.78 is 7.64. The van der Waals surface area contributed by atoms with E-state index in [9.17, 15) is 4.79 Å². The first kappa shape index (κ1) is 17.5. The molecular weight excluding hydrogens is 316 g/mol. The van der Waals surface area contributed by atoms with E-state index >= 15 is 0 Å². The third-order valence-electron chi connectivity index (χ3n) is 4.33. The van der Waals surface area contributed by atoms with E-state index in [1.54, 1.807) is 0 Å². The summed E-state index contributed by atoms with van der Waals surface area (Å²) in [6.45, 7) is 8.65. The lowest BCUT2D eigenvalue weighted by molar-refractivity contribution is -0.120. The maximum atomic E-state index is 11.4. The summed E-state index contributed by atoms with van der Waals surface area (Å²) in [7, 11) is 0. The Morgan fingerprint density at radius 1 is 1.28 bits per heavy atom. The molecule has 3 rings (SSSR count). The molecule has 0 aliphatic carbocycles. The number of hydrogen-bond acceptors (Lipinski definition) is 4. The molecule has 0 atom stereocenters. The Morgan fingerprint density at radius 2 is 2.16 bits per heavy atom. The number of ether oxygens (including phenoxy) is 1. The monoisotopic (exact) mass is 342 g/mol. The molecule has 0 radical (unpaired) electrons. The largest absolute Gasteiger partial charge is 0.494 e. The summed E-state index contributed by atoms with van der Waals surface area (Å²) in [5, 5.41) is 7.48. The number of nitrogens with zero attached hydrogens (tertiary/aromatic N) is 3. The van der Waals surface area contributed by atoms with Gasteiger partial charge in [0, 0.05) is 26.1 Å². The SMILES string of the molecule is CCOc1cccc(CN2CCn3nc(CNC(=O)CC)cc3C2)c1. The van der Waals surface area contributed by atoms with Crippen molar-refractivity contribution < 1.29 is 9.53 Å². The number of hydrogen-bond donors (Lipinski definition) is 1. The van der Waals surface area contributed by atoms with E-state index in [1.807, 2.05) is 26.0 Å². The predicted octanol–water partition coefficient (Wildman–Crippen LogP) is 2.32. The van der Waals surface area contributed by atoms with Crippen LogP contribution in [0.25, 0.3) is 0 Å². The third-order valence-corrected chi connectivity index (χ3v) is 4.33. The molecule has 1 aliphatic heterocycles. The fourth-order valence-corrected chi connectivity index (χ4v) is 3.07. The Hall–Kier alpha value is -2.34. The Balaban J connectivity index is 1.60. The van der Waals surface area contributed by atoms with Gasteiger partial charge >= 0.3 is 0 Å². The van der Waals surface area contributed by atoms with Gasteiger partial charge in [0.15, 0.2) is 0 Å². The molecule has 1 N–H and O–H groups in total. The van der Waals surface area contributed by atoms with Crippen molar-refractivity contribution in [3.63, 3.8) is 0 Å². The van der Waals surface area contributed by atoms with Gasteiger partial charge in [-0.25, -0.2) is 0 Å². The van der Waals surface area contributed by atoms with Crippen molar-refractivity contribution in [2.24, 2.45) is 0 Å². The molecule has 25 heavy (non-hydrogen) atoms. The van der Waals surface area contributed by atoms with Gasteiger partial charge in [0.2, 0.25) is 5.91 Å². The fraction of sp³-hybridized carbons (Fsp3) is 0.474. The maximum absolute atomic E-state index is 11.4. The highest BCUT2D eigenvalue weighted by molar-refractivity contribution is 5.75. The molecule has 0 bridgehead atoms. The van der Waals surface area contributed by atoms with Crippen molar-refractivity contribution in [2.45, 2.75) is 46.4 Å². The molecule has 1 aromatic heterocycles. The molecule has 0 saturated carbocycles. The van der Waals surface area contributed by atoms with Gasteiger partial charge in [-0.3, -0.25) is 14.4 Å². The van der Waals surface area contributed by atoms with Gasteiger partial charge in [0.1, 0.15) is 5.75 Å². The highest BCUT2D eigenvalue weighted by Gasteiger charge is 2.18. The Morgan fingerprint density at radius 3 is 2.96 bits per heavy atom. The van der Waals surface area contributed by atoms with Crippen molar-refractivity contribution >= 4 is 5.91 Å². The quantitative estimate of drug-likeness (QED) is 0.839. The molecule has 0 unspecified atom stereocenters. The van der Waals surface area contributed by atoms with Crippen molar-refractivity contribution in [1.29, 1.82) is 0 Å². The van der Waals surface area contributed by atoms with Crippen LogP contribution in [0.15, 0.2) is 30.3 Å². The van der Waals surface area contributed by atoms with Crippen LogP contribution in [0.2, 0.25) is 0 Å². The van der Waals surface area contributed by atoms with Crippen LogP contribution in [0.1, 0.15) is 37.2 Å². The minimum absolute atomic E-state index is 0.0572. The van der Waals surface area contributed by atoms with Crippen LogP contribution in [0.4, 0.5) is 0 Å². The normalized spacial score (nSPS) is 14.2. The van der Waals surface area contributed by atoms with Gasteiger partial charge in [-0.05, 0) is 30.7 Å². The number of rotatable bonds is 7. The number of carbonyl (C=O) groups excluding carboxylic acids is 1. The van der Waals surface area contributed by atoms with E-state index < -0.39 is 0 Å². The van der Waals surface area contributed by atoms with Crippen LogP contribution in [-0.2, 0) is 31.0 Å². The molecule has 0 fully saturated rings. The number of fused-ring (bicyclic) bond motifs is 1. The Kier molecular flexibility index (Phi) is 5.71. The van der Waals surface area contributed by atoms with Gasteiger partial charge in [-0.2, -0.15) is 5.10 Å². The maximum Gasteiger partial charge on any atom is 0.220 e. The number of benzene rings is 1. The minimum Gasteiger partial charge on any atom is -0.494 e. The number of aromatic nitrogens is 2. The second-order valence-corrected chi connectivity index (χ2v) is 6.27. The van der Waals surface area contributed by atoms with Crippen LogP contribution >= 0.6 is 0 Å². The Bertz CT molecular complexity index is 726. The summed E-state index contributed by atoms with van der Waals surface area (Å²) >= 11 is 0. The highest BCUT2D eigenvalue weighted by Crippen LogP contribution is 2.19. The van der Waals surface area contributed by atoms with E-state index in [2.05, 4.69) is 38.2 Å². The first-order valence-corrected chi connectivity index (χ1v) is 8.94. The number of carbonyl (C=O) groups is 1. The van der Waals surface area contributed by atoms with E-state index in [1.165, 1.54) is 11.3 Å². The van der Waals surface area contributed by atoms with E-state index in [0.717, 1.165) is 37.6 Å². The number of nitrogens with one attached hydrogen (secondary N) is 1. The molecule has 6 nitrogen and oxygen atoms in total. The van der Waals surface area contributed by atoms with Crippen LogP contribution in [0, 0.1) is 0 Å². The summed E-state index contributed by atoms with van der Waals surface area (Å²) in [4.78, 5) is 13.8. The highest BCUT2D eigenvalue weighted by atomic mass is 16.5. The summed E-state index contributed by atoms with van der Waals surface area (Å²) in [5.41, 5.74) is 3.39. The predicted molar refractivity (Wildman–Crippen MR) is 96.1 cm³/mol. The minimum atomic E-state index is 0.0572. The summed E-state index contributed by atoms with van der Waals surface area (Å²) in [5.74, 6) is 0.984. The van der Waals surface area contributed by atoms with Crippen molar-refractivity contribution in [3.8, 4) is 5.75 Å². The van der Waals surface area contributed by atoms with Gasteiger partial charge in [-0.1, -0.05) is 19.1 Å². The molecule has 0 spiro atoms. The molecule has 1 aliphatic rings. The van der Waals surface area contributed by atoms with E-state index in [4.69, 9.17) is 4.74 Å². The van der Waals surface area contributed by atoms with Gasteiger partial charge < -0.3 is 10.1 Å². The van der Waals surface area contributed by atoms with Gasteiger partial charge in [0.25, 0.3) is 0 Å². The number of amides is 1. The van der Waals surface area contributed by atoms with Crippen molar-refractivity contribution in [1.82, 2.24) is 20.0 Å². The van der Waals surface area contributed by atoms with Crippen LogP contribution in [0.3, 0.4) is 0 Å². The second kappa shape index (κ2) is 8.16. The zero-order valence-corrected chi connectivity index (χ0v) is 15.0. The van der Waals surface area contributed by atoms with Gasteiger partial charge in [-0.15, -0.1) is 0 Å². The third kappa shape index (κ3) is 4.60. The van der Waals surface area contributed by atoms with Gasteiger partial charge in [0.05, 0.1) is 31.1 Å². The van der Waals surface area contributed by atoms with Crippen LogP contribution < -0.4 is 10.1 Å². The lowest BCUT2D eigenvalue weighted by atomic mass is 10.2. The smallest absolute Gasteiger partial charge is 0.220 e. The molecular formula is C19H26N4O2. The average Bonchev–Trinajstić information content (AvgIpc) is 3.02. The molecule has 0 saturated heterocycles. The first-order valence-electron chi connectivity index (χ1n) is 8.94. The second-order valence-electron chi connectivity index (χ2n) is 6.27.